The van der Waals surface area contributed by atoms with Crippen molar-refractivity contribution in [3.05, 3.63) is 63.6 Å². The molecule has 104 valence electrons. The fraction of sp³-hybridized carbons (Fsp3) is 0.0714. The Kier molecular flexibility index (Phi) is 4.34. The van der Waals surface area contributed by atoms with Crippen LogP contribution in [0.3, 0.4) is 0 Å². The second-order valence-electron chi connectivity index (χ2n) is 4.06. The van der Waals surface area contributed by atoms with Crippen LogP contribution in [0.1, 0.15) is 11.1 Å². The summed E-state index contributed by atoms with van der Waals surface area (Å²) in [6.07, 6.45) is 0. The number of halogens is 3. The molecule has 20 heavy (non-hydrogen) atoms. The average Bonchev–Trinajstić information content (AvgIpc) is 2.39. The molecular weight excluding hydrogens is 330 g/mol. The van der Waals surface area contributed by atoms with E-state index in [4.69, 9.17) is 15.9 Å². The van der Waals surface area contributed by atoms with Gasteiger partial charge in [-0.3, -0.25) is 5.41 Å². The summed E-state index contributed by atoms with van der Waals surface area (Å²) in [5.74, 6) is -2.66. The molecule has 2 aromatic carbocycles. The normalized spacial score (nSPS) is 10.3. The van der Waals surface area contributed by atoms with Crippen molar-refractivity contribution in [2.75, 3.05) is 0 Å². The van der Waals surface area contributed by atoms with Crippen LogP contribution in [0.25, 0.3) is 0 Å². The van der Waals surface area contributed by atoms with Crippen molar-refractivity contribution in [2.45, 2.75) is 6.61 Å². The van der Waals surface area contributed by atoms with E-state index in [-0.39, 0.29) is 12.2 Å². The van der Waals surface area contributed by atoms with Crippen LogP contribution in [0, 0.1) is 17.0 Å². The van der Waals surface area contributed by atoms with Gasteiger partial charge < -0.3 is 10.5 Å². The summed E-state index contributed by atoms with van der Waals surface area (Å²) < 4.78 is 33.5. The van der Waals surface area contributed by atoms with E-state index in [1.54, 1.807) is 12.1 Å². The zero-order valence-corrected chi connectivity index (χ0v) is 11.9. The maximum atomic E-state index is 13.7. The lowest BCUT2D eigenvalue weighted by Gasteiger charge is -2.10. The molecule has 0 bridgehead atoms. The number of ether oxygens (including phenoxy) is 1. The molecule has 0 aromatic heterocycles. The van der Waals surface area contributed by atoms with Gasteiger partial charge in [0.1, 0.15) is 12.4 Å². The predicted octanol–water partition coefficient (Wildman–Crippen LogP) is 3.59. The number of amidine groups is 1. The maximum Gasteiger partial charge on any atom is 0.191 e. The average molecular weight is 341 g/mol. The summed E-state index contributed by atoms with van der Waals surface area (Å²) in [5.41, 5.74) is 5.93. The van der Waals surface area contributed by atoms with Gasteiger partial charge in [-0.15, -0.1) is 0 Å². The first-order valence-corrected chi connectivity index (χ1v) is 6.48. The second-order valence-corrected chi connectivity index (χ2v) is 4.92. The quantitative estimate of drug-likeness (QED) is 0.660. The molecule has 0 amide bonds. The van der Waals surface area contributed by atoms with Crippen LogP contribution in [-0.2, 0) is 6.61 Å². The number of nitrogens with one attached hydrogen (secondary N) is 1. The zero-order valence-electron chi connectivity index (χ0n) is 10.3. The summed E-state index contributed by atoms with van der Waals surface area (Å²) >= 11 is 3.33. The molecule has 0 saturated heterocycles. The maximum absolute atomic E-state index is 13.7. The van der Waals surface area contributed by atoms with Gasteiger partial charge >= 0.3 is 0 Å². The highest BCUT2D eigenvalue weighted by Crippen LogP contribution is 2.25. The summed E-state index contributed by atoms with van der Waals surface area (Å²) in [6.45, 7) is 0.0225. The fourth-order valence-electron chi connectivity index (χ4n) is 1.62. The van der Waals surface area contributed by atoms with E-state index in [2.05, 4.69) is 15.9 Å². The Bertz CT molecular complexity index is 638. The van der Waals surface area contributed by atoms with E-state index in [9.17, 15) is 8.78 Å². The van der Waals surface area contributed by atoms with Crippen molar-refractivity contribution in [1.82, 2.24) is 0 Å². The van der Waals surface area contributed by atoms with E-state index in [1.165, 1.54) is 0 Å². The lowest BCUT2D eigenvalue weighted by Crippen LogP contribution is -2.12. The molecule has 0 fully saturated rings. The van der Waals surface area contributed by atoms with Gasteiger partial charge in [-0.1, -0.05) is 34.1 Å². The van der Waals surface area contributed by atoms with E-state index in [1.807, 2.05) is 12.1 Å². The molecule has 0 aliphatic heterocycles. The largest absolute Gasteiger partial charge is 0.483 e. The molecule has 2 rings (SSSR count). The number of rotatable bonds is 4. The van der Waals surface area contributed by atoms with Crippen molar-refractivity contribution in [2.24, 2.45) is 5.73 Å². The summed E-state index contributed by atoms with van der Waals surface area (Å²) in [4.78, 5) is 0. The molecule has 0 radical (unpaired) electrons. The van der Waals surface area contributed by atoms with Gasteiger partial charge in [0.25, 0.3) is 0 Å². The van der Waals surface area contributed by atoms with Crippen molar-refractivity contribution in [3.63, 3.8) is 0 Å². The Labute approximate surface area is 123 Å². The Balaban J connectivity index is 2.22. The Hall–Kier alpha value is -1.95. The van der Waals surface area contributed by atoms with Gasteiger partial charge in [0, 0.05) is 15.6 Å². The molecule has 3 N–H and O–H groups in total. The Morgan fingerprint density at radius 2 is 1.80 bits per heavy atom. The summed E-state index contributed by atoms with van der Waals surface area (Å²) in [5, 5.41) is 7.16. The summed E-state index contributed by atoms with van der Waals surface area (Å²) in [7, 11) is 0. The minimum absolute atomic E-state index is 0.0201. The molecule has 0 heterocycles. The van der Waals surface area contributed by atoms with Crippen LogP contribution >= 0.6 is 15.9 Å². The van der Waals surface area contributed by atoms with Crippen LogP contribution in [0.5, 0.6) is 5.75 Å². The fourth-order valence-corrected chi connectivity index (χ4v) is 2.02. The van der Waals surface area contributed by atoms with Crippen LogP contribution in [0.15, 0.2) is 40.9 Å². The molecule has 0 aliphatic rings. The molecule has 0 atom stereocenters. The van der Waals surface area contributed by atoms with Gasteiger partial charge in [0.15, 0.2) is 17.4 Å². The number of hydrogen-bond acceptors (Lipinski definition) is 2. The second kappa shape index (κ2) is 6.00. The van der Waals surface area contributed by atoms with Crippen LogP contribution in [0.2, 0.25) is 0 Å². The summed E-state index contributed by atoms with van der Waals surface area (Å²) in [6, 6.07) is 9.17. The first kappa shape index (κ1) is 14.5. The van der Waals surface area contributed by atoms with Crippen LogP contribution in [-0.4, -0.2) is 5.84 Å². The highest BCUT2D eigenvalue weighted by molar-refractivity contribution is 9.10. The van der Waals surface area contributed by atoms with E-state index < -0.39 is 23.2 Å². The molecule has 2 aromatic rings. The number of benzene rings is 2. The first-order valence-electron chi connectivity index (χ1n) is 5.68. The van der Waals surface area contributed by atoms with Gasteiger partial charge in [-0.2, -0.15) is 0 Å². The van der Waals surface area contributed by atoms with E-state index >= 15 is 0 Å². The first-order chi connectivity index (χ1) is 9.49. The smallest absolute Gasteiger partial charge is 0.191 e. The zero-order chi connectivity index (χ0) is 14.7. The highest BCUT2D eigenvalue weighted by Gasteiger charge is 2.14. The van der Waals surface area contributed by atoms with Gasteiger partial charge in [0.2, 0.25) is 0 Å². The highest BCUT2D eigenvalue weighted by atomic mass is 79.9. The van der Waals surface area contributed by atoms with Crippen molar-refractivity contribution >= 4 is 21.8 Å². The molecule has 0 spiro atoms. The topological polar surface area (TPSA) is 59.1 Å². The SMILES string of the molecule is N=C(N)c1cc(F)c(OCc2ccccc2Br)c(F)c1. The van der Waals surface area contributed by atoms with E-state index in [0.29, 0.717) is 0 Å². The standard InChI is InChI=1S/C14H11BrF2N2O/c15-10-4-2-1-3-8(10)7-20-13-11(16)5-9(14(18)19)6-12(13)17/h1-6H,7H2,(H3,18,19). The number of hydrogen-bond donors (Lipinski definition) is 2. The van der Waals surface area contributed by atoms with Crippen LogP contribution in [0.4, 0.5) is 8.78 Å². The third-order valence-corrected chi connectivity index (χ3v) is 3.41. The molecule has 0 unspecified atom stereocenters. The number of nitrogen functional groups attached to an aromatic ring is 1. The van der Waals surface area contributed by atoms with E-state index in [0.717, 1.165) is 22.2 Å². The van der Waals surface area contributed by atoms with Gasteiger partial charge in [-0.25, -0.2) is 8.78 Å². The third kappa shape index (κ3) is 3.14. The third-order valence-electron chi connectivity index (χ3n) is 2.64. The van der Waals surface area contributed by atoms with Crippen molar-refractivity contribution in [1.29, 1.82) is 5.41 Å². The van der Waals surface area contributed by atoms with Gasteiger partial charge in [-0.05, 0) is 18.2 Å². The van der Waals surface area contributed by atoms with Crippen molar-refractivity contribution < 1.29 is 13.5 Å². The minimum atomic E-state index is -0.887. The number of nitrogens with two attached hydrogens (primary N) is 1. The minimum Gasteiger partial charge on any atom is -0.483 e. The molecule has 0 aliphatic carbocycles. The lowest BCUT2D eigenvalue weighted by molar-refractivity contribution is 0.273. The molecule has 0 saturated carbocycles. The van der Waals surface area contributed by atoms with Crippen LogP contribution < -0.4 is 10.5 Å². The molecule has 3 nitrogen and oxygen atoms in total. The molecular formula is C14H11BrF2N2O. The van der Waals surface area contributed by atoms with Crippen molar-refractivity contribution in [3.8, 4) is 5.75 Å². The lowest BCUT2D eigenvalue weighted by atomic mass is 10.2. The Morgan fingerprint density at radius 3 is 2.35 bits per heavy atom. The van der Waals surface area contributed by atoms with Gasteiger partial charge in [0.05, 0.1) is 0 Å². The Morgan fingerprint density at radius 1 is 1.20 bits per heavy atom. The predicted molar refractivity (Wildman–Crippen MR) is 75.8 cm³/mol. The monoisotopic (exact) mass is 340 g/mol. The molecule has 6 heteroatoms.